The van der Waals surface area contributed by atoms with E-state index in [-0.39, 0.29) is 0 Å². The van der Waals surface area contributed by atoms with E-state index in [1.807, 2.05) is 54.6 Å². The normalized spacial score (nSPS) is 11.4. The SMILES string of the molecule is C=CC(=O)OC(C)Oc1ccc(-c2ccccc2)cc1. The predicted molar refractivity (Wildman–Crippen MR) is 78.3 cm³/mol. The van der Waals surface area contributed by atoms with Crippen LogP contribution in [0.25, 0.3) is 11.1 Å². The van der Waals surface area contributed by atoms with E-state index in [0.29, 0.717) is 5.75 Å². The van der Waals surface area contributed by atoms with E-state index in [4.69, 9.17) is 9.47 Å². The molecule has 0 radical (unpaired) electrons. The van der Waals surface area contributed by atoms with E-state index in [9.17, 15) is 4.79 Å². The lowest BCUT2D eigenvalue weighted by Gasteiger charge is -2.14. The molecule has 2 rings (SSSR count). The molecule has 1 unspecified atom stereocenters. The van der Waals surface area contributed by atoms with Crippen LogP contribution >= 0.6 is 0 Å². The third-order valence-corrected chi connectivity index (χ3v) is 2.71. The molecule has 20 heavy (non-hydrogen) atoms. The van der Waals surface area contributed by atoms with Crippen LogP contribution in [0.4, 0.5) is 0 Å². The van der Waals surface area contributed by atoms with Crippen molar-refractivity contribution >= 4 is 5.97 Å². The lowest BCUT2D eigenvalue weighted by atomic mass is 10.1. The number of esters is 1. The summed E-state index contributed by atoms with van der Waals surface area (Å²) in [4.78, 5) is 11.0. The molecule has 3 heteroatoms. The lowest BCUT2D eigenvalue weighted by Crippen LogP contribution is -2.19. The summed E-state index contributed by atoms with van der Waals surface area (Å²) in [6.07, 6.45) is 0.460. The fourth-order valence-electron chi connectivity index (χ4n) is 1.78. The Kier molecular flexibility index (Phi) is 4.56. The summed E-state index contributed by atoms with van der Waals surface area (Å²) >= 11 is 0. The van der Waals surface area contributed by atoms with Gasteiger partial charge in [0, 0.05) is 13.0 Å². The number of hydrogen-bond acceptors (Lipinski definition) is 3. The minimum Gasteiger partial charge on any atom is -0.455 e. The molecule has 2 aromatic carbocycles. The Balaban J connectivity index is 2.02. The first-order valence-corrected chi connectivity index (χ1v) is 6.34. The minimum atomic E-state index is -0.650. The maximum atomic E-state index is 11.0. The Hall–Kier alpha value is -2.55. The van der Waals surface area contributed by atoms with Crippen molar-refractivity contribution in [2.24, 2.45) is 0 Å². The van der Waals surface area contributed by atoms with Gasteiger partial charge in [-0.1, -0.05) is 49.0 Å². The topological polar surface area (TPSA) is 35.5 Å². The molecular weight excluding hydrogens is 252 g/mol. The molecule has 0 fully saturated rings. The quantitative estimate of drug-likeness (QED) is 0.470. The van der Waals surface area contributed by atoms with Gasteiger partial charge < -0.3 is 9.47 Å². The number of hydrogen-bond donors (Lipinski definition) is 0. The van der Waals surface area contributed by atoms with Crippen molar-refractivity contribution < 1.29 is 14.3 Å². The molecule has 0 saturated heterocycles. The van der Waals surface area contributed by atoms with Gasteiger partial charge in [-0.15, -0.1) is 0 Å². The second-order valence-corrected chi connectivity index (χ2v) is 4.22. The Bertz CT molecular complexity index is 573. The molecule has 0 amide bonds. The van der Waals surface area contributed by atoms with E-state index in [2.05, 4.69) is 6.58 Å². The maximum Gasteiger partial charge on any atom is 0.333 e. The molecule has 0 bridgehead atoms. The van der Waals surface area contributed by atoms with Gasteiger partial charge in [-0.25, -0.2) is 4.79 Å². The Morgan fingerprint density at radius 3 is 2.25 bits per heavy atom. The van der Waals surface area contributed by atoms with Gasteiger partial charge >= 0.3 is 5.97 Å². The zero-order valence-electron chi connectivity index (χ0n) is 11.3. The van der Waals surface area contributed by atoms with E-state index in [1.165, 1.54) is 0 Å². The number of ether oxygens (including phenoxy) is 2. The Labute approximate surface area is 118 Å². The molecule has 3 nitrogen and oxygen atoms in total. The maximum absolute atomic E-state index is 11.0. The highest BCUT2D eigenvalue weighted by molar-refractivity contribution is 5.81. The van der Waals surface area contributed by atoms with Crippen molar-refractivity contribution in [1.82, 2.24) is 0 Å². The summed E-state index contributed by atoms with van der Waals surface area (Å²) in [5.41, 5.74) is 2.25. The van der Waals surface area contributed by atoms with E-state index in [0.717, 1.165) is 17.2 Å². The van der Waals surface area contributed by atoms with Gasteiger partial charge in [0.05, 0.1) is 0 Å². The summed E-state index contributed by atoms with van der Waals surface area (Å²) in [6, 6.07) is 17.7. The number of carbonyl (C=O) groups is 1. The van der Waals surface area contributed by atoms with Gasteiger partial charge in [-0.3, -0.25) is 0 Å². The standard InChI is InChI=1S/C17H16O3/c1-3-17(18)20-13(2)19-16-11-9-15(10-12-16)14-7-5-4-6-8-14/h3-13H,1H2,2H3. The summed E-state index contributed by atoms with van der Waals surface area (Å²) in [5.74, 6) is 0.146. The van der Waals surface area contributed by atoms with Gasteiger partial charge in [0.15, 0.2) is 0 Å². The highest BCUT2D eigenvalue weighted by Gasteiger charge is 2.07. The molecular formula is C17H16O3. The van der Waals surface area contributed by atoms with E-state index < -0.39 is 12.3 Å². The number of benzene rings is 2. The van der Waals surface area contributed by atoms with Crippen molar-refractivity contribution in [3.63, 3.8) is 0 Å². The first-order valence-electron chi connectivity index (χ1n) is 6.34. The second-order valence-electron chi connectivity index (χ2n) is 4.22. The molecule has 2 aromatic rings. The molecule has 0 N–H and O–H groups in total. The van der Waals surface area contributed by atoms with Gasteiger partial charge in [-0.2, -0.15) is 0 Å². The highest BCUT2D eigenvalue weighted by Crippen LogP contribution is 2.22. The summed E-state index contributed by atoms with van der Waals surface area (Å²) in [6.45, 7) is 5.00. The molecule has 1 atom stereocenters. The highest BCUT2D eigenvalue weighted by atomic mass is 16.7. The summed E-state index contributed by atoms with van der Waals surface area (Å²) < 4.78 is 10.4. The fraction of sp³-hybridized carbons (Fsp3) is 0.118. The van der Waals surface area contributed by atoms with E-state index >= 15 is 0 Å². The molecule has 0 aliphatic heterocycles. The van der Waals surface area contributed by atoms with Crippen LogP contribution in [0.2, 0.25) is 0 Å². The largest absolute Gasteiger partial charge is 0.455 e. The van der Waals surface area contributed by atoms with Crippen LogP contribution in [0.15, 0.2) is 67.3 Å². The smallest absolute Gasteiger partial charge is 0.333 e. The van der Waals surface area contributed by atoms with Crippen LogP contribution in [0.1, 0.15) is 6.92 Å². The number of rotatable bonds is 5. The molecule has 0 aliphatic carbocycles. The van der Waals surface area contributed by atoms with Crippen molar-refractivity contribution in [3.8, 4) is 16.9 Å². The zero-order valence-corrected chi connectivity index (χ0v) is 11.3. The average Bonchev–Trinajstić information content (AvgIpc) is 2.48. The predicted octanol–water partition coefficient (Wildman–Crippen LogP) is 3.81. The van der Waals surface area contributed by atoms with Crippen LogP contribution < -0.4 is 4.74 Å². The second kappa shape index (κ2) is 6.57. The third kappa shape index (κ3) is 3.72. The van der Waals surface area contributed by atoms with Crippen LogP contribution in [0.3, 0.4) is 0 Å². The molecule has 0 spiro atoms. The number of carbonyl (C=O) groups excluding carboxylic acids is 1. The van der Waals surface area contributed by atoms with Crippen LogP contribution in [0.5, 0.6) is 5.75 Å². The molecule has 0 saturated carbocycles. The van der Waals surface area contributed by atoms with Crippen molar-refractivity contribution in [2.45, 2.75) is 13.2 Å². The van der Waals surface area contributed by atoms with Crippen molar-refractivity contribution in [2.75, 3.05) is 0 Å². The monoisotopic (exact) mass is 268 g/mol. The molecule has 0 aliphatic rings. The van der Waals surface area contributed by atoms with Gasteiger partial charge in [-0.05, 0) is 23.3 Å². The van der Waals surface area contributed by atoms with Crippen LogP contribution in [-0.4, -0.2) is 12.3 Å². The van der Waals surface area contributed by atoms with E-state index in [1.54, 1.807) is 6.92 Å². The van der Waals surface area contributed by atoms with Gasteiger partial charge in [0.1, 0.15) is 5.75 Å². The van der Waals surface area contributed by atoms with Crippen LogP contribution in [-0.2, 0) is 9.53 Å². The first kappa shape index (κ1) is 13.9. The lowest BCUT2D eigenvalue weighted by molar-refractivity contribution is -0.154. The van der Waals surface area contributed by atoms with Crippen molar-refractivity contribution in [3.05, 3.63) is 67.3 Å². The third-order valence-electron chi connectivity index (χ3n) is 2.71. The fourth-order valence-corrected chi connectivity index (χ4v) is 1.78. The molecule has 0 heterocycles. The zero-order chi connectivity index (χ0) is 14.4. The first-order chi connectivity index (χ1) is 9.69. The van der Waals surface area contributed by atoms with Gasteiger partial charge in [0.2, 0.25) is 6.29 Å². The van der Waals surface area contributed by atoms with Gasteiger partial charge in [0.25, 0.3) is 0 Å². The Morgan fingerprint density at radius 2 is 1.65 bits per heavy atom. The Morgan fingerprint density at radius 1 is 1.05 bits per heavy atom. The summed E-state index contributed by atoms with van der Waals surface area (Å²) in [5, 5.41) is 0. The summed E-state index contributed by atoms with van der Waals surface area (Å²) in [7, 11) is 0. The minimum absolute atomic E-state index is 0.501. The van der Waals surface area contributed by atoms with Crippen LogP contribution in [0, 0.1) is 0 Å². The molecule has 0 aromatic heterocycles. The molecule has 102 valence electrons. The average molecular weight is 268 g/mol. The van der Waals surface area contributed by atoms with Crippen molar-refractivity contribution in [1.29, 1.82) is 0 Å².